The van der Waals surface area contributed by atoms with Crippen LogP contribution in [0.5, 0.6) is 0 Å². The number of nitrogens with one attached hydrogen (secondary N) is 2. The van der Waals surface area contributed by atoms with E-state index in [1.54, 1.807) is 4.90 Å². The molecule has 172 valence electrons. The van der Waals surface area contributed by atoms with Crippen molar-refractivity contribution >= 4 is 18.0 Å². The molecule has 0 bridgehead atoms. The van der Waals surface area contributed by atoms with E-state index in [4.69, 9.17) is 15.5 Å². The fourth-order valence-corrected chi connectivity index (χ4v) is 4.01. The lowest BCUT2D eigenvalue weighted by Gasteiger charge is -2.32. The predicted molar refractivity (Wildman–Crippen MR) is 118 cm³/mol. The summed E-state index contributed by atoms with van der Waals surface area (Å²) in [6.07, 6.45) is 5.48. The van der Waals surface area contributed by atoms with Crippen molar-refractivity contribution in [2.24, 2.45) is 16.6 Å². The highest BCUT2D eigenvalue weighted by Crippen LogP contribution is 2.17. The van der Waals surface area contributed by atoms with E-state index in [-0.39, 0.29) is 17.9 Å². The van der Waals surface area contributed by atoms with Crippen LogP contribution >= 0.6 is 0 Å². The lowest BCUT2D eigenvalue weighted by molar-refractivity contribution is -0.123. The average molecular weight is 425 g/mol. The highest BCUT2D eigenvalue weighted by Gasteiger charge is 2.24. The van der Waals surface area contributed by atoms with Gasteiger partial charge in [0, 0.05) is 38.1 Å². The third kappa shape index (κ3) is 8.38. The molecule has 0 atom stereocenters. The first-order valence-electron chi connectivity index (χ1n) is 11.5. The SMILES string of the molecule is CCNC(=NCCCCN1CCC(C(N)=O)CC1)NC1CCN(C(=O)OCC)CC1. The summed E-state index contributed by atoms with van der Waals surface area (Å²) < 4.78 is 5.08. The molecular formula is C21H40N6O3. The van der Waals surface area contributed by atoms with Crippen LogP contribution in [0.3, 0.4) is 0 Å². The van der Waals surface area contributed by atoms with Gasteiger partial charge in [-0.25, -0.2) is 4.79 Å². The molecule has 0 spiro atoms. The number of hydrogen-bond acceptors (Lipinski definition) is 5. The fourth-order valence-electron chi connectivity index (χ4n) is 4.01. The zero-order valence-electron chi connectivity index (χ0n) is 18.7. The van der Waals surface area contributed by atoms with Gasteiger partial charge in [0.1, 0.15) is 0 Å². The Kier molecular flexibility index (Phi) is 10.8. The molecule has 2 rings (SSSR count). The van der Waals surface area contributed by atoms with Gasteiger partial charge in [-0.3, -0.25) is 9.79 Å². The van der Waals surface area contributed by atoms with Crippen LogP contribution in [0.4, 0.5) is 4.79 Å². The summed E-state index contributed by atoms with van der Waals surface area (Å²) in [4.78, 5) is 32.0. The summed E-state index contributed by atoms with van der Waals surface area (Å²) in [5.41, 5.74) is 5.40. The number of amides is 2. The number of nitrogens with zero attached hydrogens (tertiary/aromatic N) is 3. The van der Waals surface area contributed by atoms with E-state index in [1.807, 2.05) is 6.92 Å². The second-order valence-electron chi connectivity index (χ2n) is 8.09. The van der Waals surface area contributed by atoms with Crippen LogP contribution in [-0.4, -0.2) is 86.2 Å². The molecule has 9 heteroatoms. The van der Waals surface area contributed by atoms with E-state index in [0.29, 0.717) is 25.7 Å². The number of aliphatic imine (C=N–C) groups is 1. The van der Waals surface area contributed by atoms with Crippen molar-refractivity contribution in [3.05, 3.63) is 0 Å². The van der Waals surface area contributed by atoms with Gasteiger partial charge in [0.05, 0.1) is 6.61 Å². The highest BCUT2D eigenvalue weighted by atomic mass is 16.6. The zero-order chi connectivity index (χ0) is 21.8. The smallest absolute Gasteiger partial charge is 0.409 e. The van der Waals surface area contributed by atoms with Gasteiger partial charge in [0.15, 0.2) is 5.96 Å². The second kappa shape index (κ2) is 13.3. The maximum atomic E-state index is 11.8. The third-order valence-corrected chi connectivity index (χ3v) is 5.85. The second-order valence-corrected chi connectivity index (χ2v) is 8.09. The molecule has 0 radical (unpaired) electrons. The van der Waals surface area contributed by atoms with Gasteiger partial charge in [-0.1, -0.05) is 0 Å². The summed E-state index contributed by atoms with van der Waals surface area (Å²) in [5, 5.41) is 6.83. The summed E-state index contributed by atoms with van der Waals surface area (Å²) in [6, 6.07) is 0.319. The van der Waals surface area contributed by atoms with Crippen molar-refractivity contribution in [3.63, 3.8) is 0 Å². The number of rotatable bonds is 9. The summed E-state index contributed by atoms with van der Waals surface area (Å²) in [5.74, 6) is 0.761. The van der Waals surface area contributed by atoms with Crippen LogP contribution in [0.1, 0.15) is 52.4 Å². The Morgan fingerprint density at radius 2 is 1.77 bits per heavy atom. The molecule has 2 heterocycles. The van der Waals surface area contributed by atoms with E-state index >= 15 is 0 Å². The number of guanidine groups is 1. The van der Waals surface area contributed by atoms with Gasteiger partial charge in [0.25, 0.3) is 0 Å². The van der Waals surface area contributed by atoms with E-state index in [2.05, 4.69) is 22.5 Å². The van der Waals surface area contributed by atoms with Gasteiger partial charge in [-0.2, -0.15) is 0 Å². The molecule has 0 unspecified atom stereocenters. The highest BCUT2D eigenvalue weighted by molar-refractivity contribution is 5.80. The number of carbonyl (C=O) groups is 2. The van der Waals surface area contributed by atoms with Crippen LogP contribution in [0.15, 0.2) is 4.99 Å². The number of carbonyl (C=O) groups excluding carboxylic acids is 2. The van der Waals surface area contributed by atoms with Crippen LogP contribution < -0.4 is 16.4 Å². The molecule has 2 amide bonds. The number of unbranched alkanes of at least 4 members (excludes halogenated alkanes) is 1. The van der Waals surface area contributed by atoms with Gasteiger partial charge in [-0.05, 0) is 72.0 Å². The molecule has 30 heavy (non-hydrogen) atoms. The molecule has 0 saturated carbocycles. The molecule has 4 N–H and O–H groups in total. The van der Waals surface area contributed by atoms with Crippen molar-refractivity contribution in [1.82, 2.24) is 20.4 Å². The Morgan fingerprint density at radius 1 is 1.07 bits per heavy atom. The maximum absolute atomic E-state index is 11.8. The van der Waals surface area contributed by atoms with Crippen molar-refractivity contribution in [2.45, 2.75) is 58.4 Å². The van der Waals surface area contributed by atoms with Crippen molar-refractivity contribution in [3.8, 4) is 0 Å². The Balaban J connectivity index is 1.64. The van der Waals surface area contributed by atoms with Gasteiger partial charge >= 0.3 is 6.09 Å². The maximum Gasteiger partial charge on any atom is 0.409 e. The zero-order valence-corrected chi connectivity index (χ0v) is 18.7. The molecule has 0 aromatic carbocycles. The molecule has 2 fully saturated rings. The number of piperidine rings is 2. The van der Waals surface area contributed by atoms with E-state index in [1.165, 1.54) is 0 Å². The molecule has 2 aliphatic rings. The standard InChI is InChI=1S/C21H40N6O3/c1-3-23-20(25-18-9-15-27(16-10-18)21(29)30-4-2)24-11-5-6-12-26-13-7-17(8-14-26)19(22)28/h17-18H,3-16H2,1-2H3,(H2,22,28)(H2,23,24,25). The van der Waals surface area contributed by atoms with E-state index in [0.717, 1.165) is 77.2 Å². The Hall–Kier alpha value is -2.03. The lowest BCUT2D eigenvalue weighted by Crippen LogP contribution is -2.49. The minimum absolute atomic E-state index is 0.0590. The molecule has 9 nitrogen and oxygen atoms in total. The van der Waals surface area contributed by atoms with Gasteiger partial charge < -0.3 is 30.9 Å². The van der Waals surface area contributed by atoms with E-state index in [9.17, 15) is 9.59 Å². The Morgan fingerprint density at radius 3 is 2.37 bits per heavy atom. The predicted octanol–water partition coefficient (Wildman–Crippen LogP) is 1.14. The topological polar surface area (TPSA) is 112 Å². The van der Waals surface area contributed by atoms with Gasteiger partial charge in [-0.15, -0.1) is 0 Å². The number of likely N-dealkylation sites (tertiary alicyclic amines) is 2. The Labute approximate surface area is 180 Å². The fraction of sp³-hybridized carbons (Fsp3) is 0.857. The van der Waals surface area contributed by atoms with E-state index < -0.39 is 0 Å². The number of hydrogen-bond donors (Lipinski definition) is 3. The minimum Gasteiger partial charge on any atom is -0.450 e. The van der Waals surface area contributed by atoms with Gasteiger partial charge in [0.2, 0.25) is 5.91 Å². The van der Waals surface area contributed by atoms with Crippen LogP contribution in [0.2, 0.25) is 0 Å². The number of ether oxygens (including phenoxy) is 1. The molecular weight excluding hydrogens is 384 g/mol. The first-order valence-corrected chi connectivity index (χ1v) is 11.5. The summed E-state index contributed by atoms with van der Waals surface area (Å²) in [7, 11) is 0. The van der Waals surface area contributed by atoms with Crippen LogP contribution in [0, 0.1) is 5.92 Å². The quantitative estimate of drug-likeness (QED) is 0.291. The monoisotopic (exact) mass is 424 g/mol. The van der Waals surface area contributed by atoms with Crippen molar-refractivity contribution < 1.29 is 14.3 Å². The Bertz CT molecular complexity index is 555. The number of primary amides is 1. The largest absolute Gasteiger partial charge is 0.450 e. The molecule has 0 aromatic rings. The summed E-state index contributed by atoms with van der Waals surface area (Å²) in [6.45, 7) is 10.3. The third-order valence-electron chi connectivity index (χ3n) is 5.85. The van der Waals surface area contributed by atoms with Crippen molar-refractivity contribution in [2.75, 3.05) is 52.4 Å². The molecule has 2 aliphatic heterocycles. The average Bonchev–Trinajstić information content (AvgIpc) is 2.74. The van der Waals surface area contributed by atoms with Crippen molar-refractivity contribution in [1.29, 1.82) is 0 Å². The summed E-state index contributed by atoms with van der Waals surface area (Å²) >= 11 is 0. The lowest BCUT2D eigenvalue weighted by atomic mass is 9.96. The minimum atomic E-state index is -0.213. The molecule has 0 aliphatic carbocycles. The first-order chi connectivity index (χ1) is 14.5. The molecule has 0 aromatic heterocycles. The van der Waals surface area contributed by atoms with Crippen LogP contribution in [0.25, 0.3) is 0 Å². The number of nitrogens with two attached hydrogens (primary N) is 1. The normalized spacial score (nSPS) is 19.5. The first kappa shape index (κ1) is 24.2. The van der Waals surface area contributed by atoms with Crippen LogP contribution in [-0.2, 0) is 9.53 Å². The molecule has 2 saturated heterocycles.